The largest absolute Gasteiger partial charge is 0.360 e. The van der Waals surface area contributed by atoms with Gasteiger partial charge in [0.15, 0.2) is 5.82 Å². The van der Waals surface area contributed by atoms with Gasteiger partial charge in [0.25, 0.3) is 0 Å². The highest BCUT2D eigenvalue weighted by Crippen LogP contribution is 2.15. The number of aryl methyl sites for hydroxylation is 1. The van der Waals surface area contributed by atoms with Crippen LogP contribution in [-0.2, 0) is 16.0 Å². The molecule has 1 unspecified atom stereocenters. The molecule has 7 nitrogen and oxygen atoms in total. The molecule has 146 valence electrons. The molecule has 0 saturated heterocycles. The summed E-state index contributed by atoms with van der Waals surface area (Å²) in [6.45, 7) is 5.04. The van der Waals surface area contributed by atoms with E-state index in [4.69, 9.17) is 10.3 Å². The minimum absolute atomic E-state index is 0.0155. The first-order valence-electron chi connectivity index (χ1n) is 8.87. The van der Waals surface area contributed by atoms with Crippen molar-refractivity contribution in [1.82, 2.24) is 10.1 Å². The third-order valence-corrected chi connectivity index (χ3v) is 5.10. The molecule has 2 aromatic rings. The lowest BCUT2D eigenvalue weighted by atomic mass is 10.1. The van der Waals surface area contributed by atoms with Gasteiger partial charge in [0.05, 0.1) is 11.0 Å². The number of nitrogens with two attached hydrogens (primary N) is 1. The first kappa shape index (κ1) is 21.0. The number of rotatable bonds is 10. The van der Waals surface area contributed by atoms with E-state index in [0.717, 1.165) is 6.42 Å². The fraction of sp³-hybridized carbons (Fsp3) is 0.421. The normalized spacial score (nSPS) is 11.8. The molecule has 0 aliphatic rings. The van der Waals surface area contributed by atoms with Crippen molar-refractivity contribution in [3.8, 4) is 0 Å². The quantitative estimate of drug-likeness (QED) is 0.644. The number of amides is 2. The number of carbonyl (C=O) groups excluding carboxylic acids is 2. The lowest BCUT2D eigenvalue weighted by Gasteiger charge is -2.22. The molecule has 0 saturated carbocycles. The summed E-state index contributed by atoms with van der Waals surface area (Å²) < 4.78 is 4.92. The minimum atomic E-state index is -0.389. The van der Waals surface area contributed by atoms with Crippen molar-refractivity contribution < 1.29 is 14.1 Å². The van der Waals surface area contributed by atoms with Crippen molar-refractivity contribution in [3.05, 3.63) is 47.7 Å². The van der Waals surface area contributed by atoms with E-state index in [2.05, 4.69) is 10.5 Å². The monoisotopic (exact) mass is 390 g/mol. The second-order valence-electron chi connectivity index (χ2n) is 6.17. The van der Waals surface area contributed by atoms with E-state index in [9.17, 15) is 9.59 Å². The summed E-state index contributed by atoms with van der Waals surface area (Å²) in [5.41, 5.74) is 6.82. The van der Waals surface area contributed by atoms with Crippen LogP contribution in [0.1, 0.15) is 18.2 Å². The molecule has 2 rings (SSSR count). The molecule has 1 aromatic heterocycles. The Morgan fingerprint density at radius 2 is 2.04 bits per heavy atom. The lowest BCUT2D eigenvalue weighted by Crippen LogP contribution is -2.38. The van der Waals surface area contributed by atoms with Crippen molar-refractivity contribution in [2.24, 2.45) is 5.73 Å². The van der Waals surface area contributed by atoms with Crippen molar-refractivity contribution in [2.75, 3.05) is 30.7 Å². The summed E-state index contributed by atoms with van der Waals surface area (Å²) in [7, 11) is 0. The highest BCUT2D eigenvalue weighted by molar-refractivity contribution is 8.01. The second kappa shape index (κ2) is 10.7. The number of hydrogen-bond donors (Lipinski definition) is 2. The van der Waals surface area contributed by atoms with Gasteiger partial charge < -0.3 is 20.5 Å². The third-order valence-electron chi connectivity index (χ3n) is 3.97. The van der Waals surface area contributed by atoms with E-state index in [1.165, 1.54) is 17.3 Å². The van der Waals surface area contributed by atoms with Crippen LogP contribution in [0.4, 0.5) is 5.82 Å². The molecule has 1 atom stereocenters. The number of nitrogens with zero attached hydrogens (tertiary/aromatic N) is 2. The van der Waals surface area contributed by atoms with Gasteiger partial charge in [0.2, 0.25) is 11.8 Å². The van der Waals surface area contributed by atoms with Crippen molar-refractivity contribution in [2.45, 2.75) is 25.5 Å². The zero-order valence-corrected chi connectivity index (χ0v) is 16.5. The number of nitrogens with one attached hydrogen (secondary N) is 1. The SMILES string of the molecule is Cc1cc(NC(=O)C(C)SCC(=O)N(CCN)CCc2ccccc2)no1. The molecule has 0 bridgehead atoms. The van der Waals surface area contributed by atoms with Gasteiger partial charge in [-0.3, -0.25) is 9.59 Å². The zero-order chi connectivity index (χ0) is 19.6. The molecule has 8 heteroatoms. The van der Waals surface area contributed by atoms with Crippen molar-refractivity contribution in [1.29, 1.82) is 0 Å². The molecule has 0 aliphatic heterocycles. The predicted octanol–water partition coefficient (Wildman–Crippen LogP) is 2.07. The van der Waals surface area contributed by atoms with E-state index in [-0.39, 0.29) is 22.8 Å². The first-order chi connectivity index (χ1) is 13.0. The Morgan fingerprint density at radius 1 is 1.30 bits per heavy atom. The fourth-order valence-corrected chi connectivity index (χ4v) is 3.23. The summed E-state index contributed by atoms with van der Waals surface area (Å²) in [5, 5.41) is 6.02. The molecule has 0 radical (unpaired) electrons. The van der Waals surface area contributed by atoms with Crippen LogP contribution < -0.4 is 11.1 Å². The highest BCUT2D eigenvalue weighted by atomic mass is 32.2. The maximum atomic E-state index is 12.5. The average Bonchev–Trinajstić information content (AvgIpc) is 3.08. The Labute approximate surface area is 163 Å². The average molecular weight is 391 g/mol. The van der Waals surface area contributed by atoms with Gasteiger partial charge in [0, 0.05) is 25.7 Å². The Balaban J connectivity index is 1.80. The van der Waals surface area contributed by atoms with Crippen LogP contribution in [0.3, 0.4) is 0 Å². The van der Waals surface area contributed by atoms with E-state index < -0.39 is 0 Å². The van der Waals surface area contributed by atoms with E-state index in [1.807, 2.05) is 30.3 Å². The van der Waals surface area contributed by atoms with Crippen LogP contribution in [0.2, 0.25) is 0 Å². The van der Waals surface area contributed by atoms with Crippen LogP contribution in [-0.4, -0.2) is 52.5 Å². The minimum Gasteiger partial charge on any atom is -0.360 e. The van der Waals surface area contributed by atoms with Crippen LogP contribution in [0.25, 0.3) is 0 Å². The molecule has 1 heterocycles. The van der Waals surface area contributed by atoms with E-state index in [1.54, 1.807) is 24.8 Å². The maximum absolute atomic E-state index is 12.5. The van der Waals surface area contributed by atoms with Crippen LogP contribution >= 0.6 is 11.8 Å². The molecule has 27 heavy (non-hydrogen) atoms. The van der Waals surface area contributed by atoms with E-state index in [0.29, 0.717) is 31.2 Å². The van der Waals surface area contributed by atoms with Gasteiger partial charge in [-0.2, -0.15) is 0 Å². The highest BCUT2D eigenvalue weighted by Gasteiger charge is 2.19. The third kappa shape index (κ3) is 7.07. The molecular weight excluding hydrogens is 364 g/mol. The topological polar surface area (TPSA) is 101 Å². The molecule has 2 amide bonds. The summed E-state index contributed by atoms with van der Waals surface area (Å²) >= 11 is 1.29. The zero-order valence-electron chi connectivity index (χ0n) is 15.7. The van der Waals surface area contributed by atoms with Crippen LogP contribution in [0.5, 0.6) is 0 Å². The predicted molar refractivity (Wildman–Crippen MR) is 108 cm³/mol. The number of carbonyl (C=O) groups is 2. The lowest BCUT2D eigenvalue weighted by molar-refractivity contribution is -0.128. The molecule has 3 N–H and O–H groups in total. The molecule has 0 fully saturated rings. The first-order valence-corrected chi connectivity index (χ1v) is 9.92. The fourth-order valence-electron chi connectivity index (χ4n) is 2.44. The standard InChI is InChI=1S/C19H26N4O3S/c1-14-12-17(22-26-14)21-19(25)15(2)27-13-18(24)23(11-9-20)10-8-16-6-4-3-5-7-16/h3-7,12,15H,8-11,13,20H2,1-2H3,(H,21,22,25). The number of thioether (sulfide) groups is 1. The molecule has 1 aromatic carbocycles. The second-order valence-corrected chi connectivity index (χ2v) is 7.50. The Morgan fingerprint density at radius 3 is 2.67 bits per heavy atom. The van der Waals surface area contributed by atoms with Gasteiger partial charge in [-0.15, -0.1) is 11.8 Å². The number of anilines is 1. The van der Waals surface area contributed by atoms with E-state index >= 15 is 0 Å². The number of benzene rings is 1. The van der Waals surface area contributed by atoms with Crippen LogP contribution in [0.15, 0.2) is 40.9 Å². The van der Waals surface area contributed by atoms with Crippen molar-refractivity contribution >= 4 is 29.4 Å². The number of aromatic nitrogens is 1. The van der Waals surface area contributed by atoms with Crippen molar-refractivity contribution in [3.63, 3.8) is 0 Å². The van der Waals surface area contributed by atoms with Gasteiger partial charge in [-0.25, -0.2) is 0 Å². The molecule has 0 aliphatic carbocycles. The Kier molecular flexibility index (Phi) is 8.35. The Hall–Kier alpha value is -2.32. The molecular formula is C19H26N4O3S. The Bertz CT molecular complexity index is 736. The summed E-state index contributed by atoms with van der Waals surface area (Å²) in [6, 6.07) is 11.7. The summed E-state index contributed by atoms with van der Waals surface area (Å²) in [4.78, 5) is 26.5. The maximum Gasteiger partial charge on any atom is 0.238 e. The summed E-state index contributed by atoms with van der Waals surface area (Å²) in [6.07, 6.45) is 0.777. The van der Waals surface area contributed by atoms with Crippen LogP contribution in [0, 0.1) is 6.92 Å². The molecule has 0 spiro atoms. The number of hydrogen-bond acceptors (Lipinski definition) is 6. The van der Waals surface area contributed by atoms with Gasteiger partial charge in [0.1, 0.15) is 5.76 Å². The van der Waals surface area contributed by atoms with Gasteiger partial charge in [-0.1, -0.05) is 35.5 Å². The van der Waals surface area contributed by atoms with Gasteiger partial charge in [-0.05, 0) is 25.8 Å². The van der Waals surface area contributed by atoms with Gasteiger partial charge >= 0.3 is 0 Å². The smallest absolute Gasteiger partial charge is 0.238 e. The summed E-state index contributed by atoms with van der Waals surface area (Å²) in [5.74, 6) is 0.996.